The Morgan fingerprint density at radius 1 is 1.12 bits per heavy atom. The molecule has 0 radical (unpaired) electrons. The minimum atomic E-state index is -4.46. The summed E-state index contributed by atoms with van der Waals surface area (Å²) in [6.45, 7) is 0. The maximum Gasteiger partial charge on any atom is 0.416 e. The van der Waals surface area contributed by atoms with Crippen LogP contribution in [0.4, 0.5) is 19.0 Å². The average Bonchev–Trinajstić information content (AvgIpc) is 3.07. The molecule has 24 heavy (non-hydrogen) atoms. The average molecular weight is 329 g/mol. The third kappa shape index (κ3) is 2.82. The van der Waals surface area contributed by atoms with Crippen molar-refractivity contribution in [2.24, 2.45) is 0 Å². The van der Waals surface area contributed by atoms with Gasteiger partial charge in [-0.05, 0) is 30.3 Å². The van der Waals surface area contributed by atoms with Gasteiger partial charge in [-0.15, -0.1) is 0 Å². The lowest BCUT2D eigenvalue weighted by Crippen LogP contribution is -2.05. The first kappa shape index (κ1) is 15.6. The maximum atomic E-state index is 12.9. The van der Waals surface area contributed by atoms with Gasteiger partial charge < -0.3 is 10.2 Å². The molecule has 0 fully saturated rings. The van der Waals surface area contributed by atoms with E-state index in [1.807, 2.05) is 6.07 Å². The number of halogens is 3. The molecule has 0 amide bonds. The molecule has 120 valence electrons. The van der Waals surface area contributed by atoms with Gasteiger partial charge in [0.15, 0.2) is 0 Å². The summed E-state index contributed by atoms with van der Waals surface area (Å²) < 4.78 is 43.9. The Bertz CT molecular complexity index is 925. The van der Waals surface area contributed by atoms with Crippen molar-refractivity contribution < 1.29 is 17.6 Å². The predicted molar refractivity (Wildman–Crippen MR) is 81.5 cm³/mol. The van der Waals surface area contributed by atoms with Crippen molar-refractivity contribution in [1.82, 2.24) is 4.98 Å². The number of nitriles is 1. The molecule has 2 heterocycles. The Morgan fingerprint density at radius 2 is 1.92 bits per heavy atom. The van der Waals surface area contributed by atoms with E-state index in [0.29, 0.717) is 11.3 Å². The number of hydrogen-bond acceptors (Lipinski definition) is 4. The number of hydrogen-bond donors (Lipinski definition) is 1. The van der Waals surface area contributed by atoms with E-state index in [0.717, 1.165) is 12.1 Å². The van der Waals surface area contributed by atoms with Gasteiger partial charge in [-0.2, -0.15) is 18.4 Å². The summed E-state index contributed by atoms with van der Waals surface area (Å²) in [5.74, 6) is 0.313. The van der Waals surface area contributed by atoms with Gasteiger partial charge in [0.1, 0.15) is 23.2 Å². The van der Waals surface area contributed by atoms with Crippen molar-refractivity contribution >= 4 is 5.82 Å². The number of alkyl halides is 3. The summed E-state index contributed by atoms with van der Waals surface area (Å²) in [5.41, 5.74) is 5.97. The zero-order chi connectivity index (χ0) is 17.3. The number of benzene rings is 1. The van der Waals surface area contributed by atoms with Crippen molar-refractivity contribution in [2.75, 3.05) is 5.73 Å². The topological polar surface area (TPSA) is 75.8 Å². The molecule has 0 aliphatic heterocycles. The minimum Gasteiger partial charge on any atom is -0.464 e. The van der Waals surface area contributed by atoms with Crippen LogP contribution in [0.25, 0.3) is 22.6 Å². The van der Waals surface area contributed by atoms with Gasteiger partial charge in [-0.25, -0.2) is 4.98 Å². The molecule has 3 rings (SSSR count). The van der Waals surface area contributed by atoms with Crippen molar-refractivity contribution in [3.05, 3.63) is 59.9 Å². The van der Waals surface area contributed by atoms with Gasteiger partial charge in [-0.1, -0.05) is 12.1 Å². The lowest BCUT2D eigenvalue weighted by atomic mass is 10.0. The fraction of sp³-hybridized carbons (Fsp3) is 0.0588. The Kier molecular flexibility index (Phi) is 3.73. The zero-order valence-corrected chi connectivity index (χ0v) is 12.1. The number of anilines is 1. The molecule has 0 saturated heterocycles. The smallest absolute Gasteiger partial charge is 0.416 e. The Balaban J connectivity index is 2.19. The minimum absolute atomic E-state index is 0.0705. The van der Waals surface area contributed by atoms with Crippen LogP contribution in [0.5, 0.6) is 0 Å². The van der Waals surface area contributed by atoms with Crippen molar-refractivity contribution in [3.8, 4) is 28.7 Å². The summed E-state index contributed by atoms with van der Waals surface area (Å²) in [6, 6.07) is 11.4. The summed E-state index contributed by atoms with van der Waals surface area (Å²) in [4.78, 5) is 4.05. The molecule has 0 saturated carbocycles. The normalized spacial score (nSPS) is 11.2. The summed E-state index contributed by atoms with van der Waals surface area (Å²) in [7, 11) is 0. The van der Waals surface area contributed by atoms with Gasteiger partial charge in [0, 0.05) is 11.1 Å². The maximum absolute atomic E-state index is 12.9. The first-order chi connectivity index (χ1) is 11.4. The van der Waals surface area contributed by atoms with Crippen LogP contribution in [0, 0.1) is 11.3 Å². The van der Waals surface area contributed by atoms with Crippen LogP contribution >= 0.6 is 0 Å². The zero-order valence-electron chi connectivity index (χ0n) is 12.1. The molecule has 1 aromatic carbocycles. The number of aromatic nitrogens is 1. The Hall–Kier alpha value is -3.27. The second-order valence-electron chi connectivity index (χ2n) is 4.98. The molecule has 4 nitrogen and oxygen atoms in total. The fourth-order valence-electron chi connectivity index (χ4n) is 2.31. The monoisotopic (exact) mass is 329 g/mol. The Labute approximate surface area is 135 Å². The van der Waals surface area contributed by atoms with Crippen molar-refractivity contribution in [1.29, 1.82) is 5.26 Å². The van der Waals surface area contributed by atoms with E-state index in [1.165, 1.54) is 24.5 Å². The number of pyridine rings is 1. The van der Waals surface area contributed by atoms with Gasteiger partial charge in [0.05, 0.1) is 17.5 Å². The van der Waals surface area contributed by atoms with E-state index in [9.17, 15) is 18.4 Å². The molecule has 2 aromatic heterocycles. The molecule has 0 aliphatic carbocycles. The molecule has 0 atom stereocenters. The molecular formula is C17H10F3N3O. The van der Waals surface area contributed by atoms with Crippen molar-refractivity contribution in [3.63, 3.8) is 0 Å². The molecule has 3 aromatic rings. The molecular weight excluding hydrogens is 319 g/mol. The van der Waals surface area contributed by atoms with Crippen LogP contribution in [0.15, 0.2) is 53.1 Å². The highest BCUT2D eigenvalue weighted by Gasteiger charge is 2.30. The third-order valence-corrected chi connectivity index (χ3v) is 3.43. The van der Waals surface area contributed by atoms with E-state index in [1.54, 1.807) is 12.1 Å². The Morgan fingerprint density at radius 3 is 2.54 bits per heavy atom. The predicted octanol–water partition coefficient (Wildman–Crippen LogP) is 4.48. The van der Waals surface area contributed by atoms with Crippen LogP contribution in [0.2, 0.25) is 0 Å². The van der Waals surface area contributed by atoms with E-state index in [-0.39, 0.29) is 22.6 Å². The molecule has 7 heteroatoms. The van der Waals surface area contributed by atoms with Gasteiger partial charge in [0.25, 0.3) is 0 Å². The second-order valence-corrected chi connectivity index (χ2v) is 4.98. The number of rotatable bonds is 2. The van der Waals surface area contributed by atoms with Crippen LogP contribution in [-0.4, -0.2) is 4.98 Å². The van der Waals surface area contributed by atoms with E-state index in [4.69, 9.17) is 10.2 Å². The SMILES string of the molecule is N#Cc1c(-c2ccco2)cc(-c2cccc(C(F)(F)F)c2)nc1N. The number of nitrogens with two attached hydrogens (primary N) is 1. The lowest BCUT2D eigenvalue weighted by molar-refractivity contribution is -0.137. The molecule has 0 aliphatic rings. The number of nitrogens with zero attached hydrogens (tertiary/aromatic N) is 2. The summed E-state index contributed by atoms with van der Waals surface area (Å²) in [5, 5.41) is 9.25. The van der Waals surface area contributed by atoms with E-state index < -0.39 is 11.7 Å². The van der Waals surface area contributed by atoms with E-state index in [2.05, 4.69) is 4.98 Å². The van der Waals surface area contributed by atoms with E-state index >= 15 is 0 Å². The lowest BCUT2D eigenvalue weighted by Gasteiger charge is -2.11. The number of nitrogen functional groups attached to an aromatic ring is 1. The van der Waals surface area contributed by atoms with Crippen LogP contribution in [0.3, 0.4) is 0 Å². The van der Waals surface area contributed by atoms with Crippen LogP contribution in [0.1, 0.15) is 11.1 Å². The standard InChI is InChI=1S/C17H10F3N3O/c18-17(19,20)11-4-1-3-10(7-11)14-8-12(15-5-2-6-24-15)13(9-21)16(22)23-14/h1-8H,(H2,22,23). The van der Waals surface area contributed by atoms with Gasteiger partial charge >= 0.3 is 6.18 Å². The van der Waals surface area contributed by atoms with Crippen LogP contribution < -0.4 is 5.73 Å². The fourth-order valence-corrected chi connectivity index (χ4v) is 2.31. The quantitative estimate of drug-likeness (QED) is 0.752. The third-order valence-electron chi connectivity index (χ3n) is 3.43. The highest BCUT2D eigenvalue weighted by molar-refractivity contribution is 5.78. The van der Waals surface area contributed by atoms with Gasteiger partial charge in [0.2, 0.25) is 0 Å². The van der Waals surface area contributed by atoms with Crippen molar-refractivity contribution in [2.45, 2.75) is 6.18 Å². The first-order valence-corrected chi connectivity index (χ1v) is 6.82. The summed E-state index contributed by atoms with van der Waals surface area (Å²) in [6.07, 6.45) is -3.03. The highest BCUT2D eigenvalue weighted by Crippen LogP contribution is 2.34. The largest absolute Gasteiger partial charge is 0.464 e. The first-order valence-electron chi connectivity index (χ1n) is 6.82. The summed E-state index contributed by atoms with van der Waals surface area (Å²) >= 11 is 0. The van der Waals surface area contributed by atoms with Crippen LogP contribution in [-0.2, 0) is 6.18 Å². The second kappa shape index (κ2) is 5.74. The van der Waals surface area contributed by atoms with Gasteiger partial charge in [-0.3, -0.25) is 0 Å². The molecule has 0 spiro atoms. The highest BCUT2D eigenvalue weighted by atomic mass is 19.4. The molecule has 2 N–H and O–H groups in total. The molecule has 0 bridgehead atoms. The molecule has 0 unspecified atom stereocenters. The number of furan rings is 1.